The van der Waals surface area contributed by atoms with E-state index in [2.05, 4.69) is 5.32 Å². The topological polar surface area (TPSA) is 67.8 Å². The molecule has 1 aliphatic heterocycles. The van der Waals surface area contributed by atoms with Crippen LogP contribution >= 0.6 is 11.6 Å². The highest BCUT2D eigenvalue weighted by Gasteiger charge is 2.29. The van der Waals surface area contributed by atoms with E-state index in [0.717, 1.165) is 5.56 Å². The van der Waals surface area contributed by atoms with Gasteiger partial charge >= 0.3 is 0 Å². The zero-order chi connectivity index (χ0) is 13.8. The third-order valence-corrected chi connectivity index (χ3v) is 3.10. The smallest absolute Gasteiger partial charge is 0.261 e. The number of fused-ring (bicyclic) bond motifs is 1. The minimum Gasteiger partial charge on any atom is -0.480 e. The van der Waals surface area contributed by atoms with Crippen molar-refractivity contribution < 1.29 is 19.4 Å². The van der Waals surface area contributed by atoms with E-state index in [0.29, 0.717) is 17.2 Å². The number of aliphatic hydroxyl groups excluding tert-OH is 1. The Morgan fingerprint density at radius 1 is 1.68 bits per heavy atom. The number of methoxy groups -OCH3 is 1. The third kappa shape index (κ3) is 3.59. The highest BCUT2D eigenvalue weighted by Crippen LogP contribution is 2.31. The van der Waals surface area contributed by atoms with Crippen LogP contribution in [0.15, 0.2) is 18.2 Å². The van der Waals surface area contributed by atoms with Gasteiger partial charge < -0.3 is 19.9 Å². The van der Waals surface area contributed by atoms with Gasteiger partial charge in [0.1, 0.15) is 5.75 Å². The molecule has 0 saturated carbocycles. The molecule has 2 atom stereocenters. The number of nitrogens with one attached hydrogen (secondary N) is 1. The van der Waals surface area contributed by atoms with Gasteiger partial charge in [0.2, 0.25) is 0 Å². The summed E-state index contributed by atoms with van der Waals surface area (Å²) in [4.78, 5) is 11.9. The molecule has 1 heterocycles. The summed E-state index contributed by atoms with van der Waals surface area (Å²) in [5.41, 5.74) is 0.921. The number of ether oxygens (including phenoxy) is 2. The van der Waals surface area contributed by atoms with Crippen LogP contribution in [0.4, 0.5) is 0 Å². The number of benzene rings is 1. The van der Waals surface area contributed by atoms with Crippen molar-refractivity contribution in [2.75, 3.05) is 20.3 Å². The lowest BCUT2D eigenvalue weighted by molar-refractivity contribution is -0.127. The standard InChI is InChI=1S/C13H16ClNO4/c1-18-7-10(16)6-15-13(17)12-5-8-4-9(14)2-3-11(8)19-12/h2-4,10,12,16H,5-7H2,1H3,(H,15,17). The number of aliphatic hydroxyl groups is 1. The number of amides is 1. The Labute approximate surface area is 116 Å². The fraction of sp³-hybridized carbons (Fsp3) is 0.462. The monoisotopic (exact) mass is 285 g/mol. The predicted octanol–water partition coefficient (Wildman–Crippen LogP) is 0.767. The minimum atomic E-state index is -0.716. The van der Waals surface area contributed by atoms with Gasteiger partial charge in [0.25, 0.3) is 5.91 Å². The van der Waals surface area contributed by atoms with Crippen molar-refractivity contribution in [2.24, 2.45) is 0 Å². The van der Waals surface area contributed by atoms with Crippen LogP contribution < -0.4 is 10.1 Å². The summed E-state index contributed by atoms with van der Waals surface area (Å²) in [6.45, 7) is 0.325. The van der Waals surface area contributed by atoms with Gasteiger partial charge in [-0.15, -0.1) is 0 Å². The minimum absolute atomic E-state index is 0.142. The molecule has 6 heteroatoms. The Kier molecular flexibility index (Phi) is 4.63. The number of hydrogen-bond donors (Lipinski definition) is 2. The Hall–Kier alpha value is -1.30. The van der Waals surface area contributed by atoms with Crippen molar-refractivity contribution >= 4 is 17.5 Å². The molecule has 2 rings (SSSR count). The number of carbonyl (C=O) groups is 1. The average molecular weight is 286 g/mol. The maximum atomic E-state index is 11.9. The van der Waals surface area contributed by atoms with E-state index in [4.69, 9.17) is 21.1 Å². The van der Waals surface area contributed by atoms with Crippen LogP contribution in [-0.2, 0) is 16.0 Å². The van der Waals surface area contributed by atoms with Crippen molar-refractivity contribution in [1.29, 1.82) is 0 Å². The second-order valence-corrected chi connectivity index (χ2v) is 4.85. The molecule has 0 aromatic heterocycles. The first kappa shape index (κ1) is 14.1. The van der Waals surface area contributed by atoms with E-state index in [-0.39, 0.29) is 19.1 Å². The predicted molar refractivity (Wildman–Crippen MR) is 70.5 cm³/mol. The molecule has 1 aromatic carbocycles. The van der Waals surface area contributed by atoms with Crippen LogP contribution in [0, 0.1) is 0 Å². The molecule has 1 amide bonds. The van der Waals surface area contributed by atoms with Crippen LogP contribution in [-0.4, -0.2) is 43.5 Å². The summed E-state index contributed by atoms with van der Waals surface area (Å²) in [6, 6.07) is 5.28. The first-order valence-electron chi connectivity index (χ1n) is 6.00. The summed E-state index contributed by atoms with van der Waals surface area (Å²) >= 11 is 5.89. The van der Waals surface area contributed by atoms with Crippen LogP contribution in [0.1, 0.15) is 5.56 Å². The molecule has 0 bridgehead atoms. The molecule has 2 N–H and O–H groups in total. The summed E-state index contributed by atoms with van der Waals surface area (Å²) in [5.74, 6) is 0.435. The van der Waals surface area contributed by atoms with E-state index < -0.39 is 12.2 Å². The van der Waals surface area contributed by atoms with Crippen molar-refractivity contribution in [3.05, 3.63) is 28.8 Å². The normalized spacial score (nSPS) is 18.6. The fourth-order valence-corrected chi connectivity index (χ4v) is 2.14. The van der Waals surface area contributed by atoms with E-state index in [1.165, 1.54) is 7.11 Å². The van der Waals surface area contributed by atoms with Gasteiger partial charge in [-0.05, 0) is 23.8 Å². The van der Waals surface area contributed by atoms with Gasteiger partial charge in [0.05, 0.1) is 12.7 Å². The maximum absolute atomic E-state index is 11.9. The lowest BCUT2D eigenvalue weighted by Crippen LogP contribution is -2.42. The molecular weight excluding hydrogens is 270 g/mol. The first-order chi connectivity index (χ1) is 9.10. The quantitative estimate of drug-likeness (QED) is 0.838. The largest absolute Gasteiger partial charge is 0.480 e. The fourth-order valence-electron chi connectivity index (χ4n) is 1.95. The number of rotatable bonds is 5. The molecule has 1 aromatic rings. The summed E-state index contributed by atoms with van der Waals surface area (Å²) in [7, 11) is 1.49. The average Bonchev–Trinajstić information content (AvgIpc) is 2.79. The van der Waals surface area contributed by atoms with Crippen LogP contribution in [0.3, 0.4) is 0 Å². The van der Waals surface area contributed by atoms with Gasteiger partial charge in [-0.2, -0.15) is 0 Å². The van der Waals surface area contributed by atoms with Gasteiger partial charge in [-0.3, -0.25) is 4.79 Å². The molecule has 0 aliphatic carbocycles. The van der Waals surface area contributed by atoms with E-state index >= 15 is 0 Å². The SMILES string of the molecule is COCC(O)CNC(=O)C1Cc2cc(Cl)ccc2O1. The maximum Gasteiger partial charge on any atom is 0.261 e. The molecule has 0 fully saturated rings. The molecular formula is C13H16ClNO4. The number of hydrogen-bond acceptors (Lipinski definition) is 4. The summed E-state index contributed by atoms with van der Waals surface area (Å²) in [6.07, 6.45) is -0.794. The molecule has 0 radical (unpaired) electrons. The van der Waals surface area contributed by atoms with Crippen molar-refractivity contribution in [2.45, 2.75) is 18.6 Å². The van der Waals surface area contributed by atoms with Crippen molar-refractivity contribution in [3.63, 3.8) is 0 Å². The zero-order valence-electron chi connectivity index (χ0n) is 10.6. The second kappa shape index (κ2) is 6.23. The zero-order valence-corrected chi connectivity index (χ0v) is 11.3. The van der Waals surface area contributed by atoms with Gasteiger partial charge in [-0.1, -0.05) is 11.6 Å². The Bertz CT molecular complexity index is 466. The second-order valence-electron chi connectivity index (χ2n) is 4.42. The highest BCUT2D eigenvalue weighted by atomic mass is 35.5. The highest BCUT2D eigenvalue weighted by molar-refractivity contribution is 6.30. The Morgan fingerprint density at radius 2 is 2.47 bits per heavy atom. The van der Waals surface area contributed by atoms with Crippen molar-refractivity contribution in [3.8, 4) is 5.75 Å². The number of carbonyl (C=O) groups excluding carboxylic acids is 1. The molecule has 104 valence electrons. The van der Waals surface area contributed by atoms with E-state index in [1.54, 1.807) is 18.2 Å². The Morgan fingerprint density at radius 3 is 3.21 bits per heavy atom. The number of halogens is 1. The van der Waals surface area contributed by atoms with Gasteiger partial charge in [0, 0.05) is 25.1 Å². The molecule has 0 spiro atoms. The summed E-state index contributed by atoms with van der Waals surface area (Å²) < 4.78 is 10.3. The Balaban J connectivity index is 1.86. The lowest BCUT2D eigenvalue weighted by atomic mass is 10.1. The molecule has 19 heavy (non-hydrogen) atoms. The first-order valence-corrected chi connectivity index (χ1v) is 6.37. The van der Waals surface area contributed by atoms with Gasteiger partial charge in [0.15, 0.2) is 6.10 Å². The molecule has 1 aliphatic rings. The summed E-state index contributed by atoms with van der Waals surface area (Å²) in [5, 5.41) is 12.7. The molecule has 2 unspecified atom stereocenters. The van der Waals surface area contributed by atoms with Crippen LogP contribution in [0.2, 0.25) is 5.02 Å². The molecule has 5 nitrogen and oxygen atoms in total. The van der Waals surface area contributed by atoms with Crippen LogP contribution in [0.25, 0.3) is 0 Å². The van der Waals surface area contributed by atoms with Gasteiger partial charge in [-0.25, -0.2) is 0 Å². The molecule has 0 saturated heterocycles. The van der Waals surface area contributed by atoms with E-state index in [1.807, 2.05) is 0 Å². The van der Waals surface area contributed by atoms with Crippen molar-refractivity contribution in [1.82, 2.24) is 5.32 Å². The van der Waals surface area contributed by atoms with Crippen LogP contribution in [0.5, 0.6) is 5.75 Å². The van der Waals surface area contributed by atoms with E-state index in [9.17, 15) is 9.90 Å². The third-order valence-electron chi connectivity index (χ3n) is 2.86. The lowest BCUT2D eigenvalue weighted by Gasteiger charge is -2.14.